The van der Waals surface area contributed by atoms with Crippen molar-refractivity contribution in [3.05, 3.63) is 41.7 Å². The first-order valence-electron chi connectivity index (χ1n) is 6.11. The van der Waals surface area contributed by atoms with Crippen LogP contribution in [0, 0.1) is 0 Å². The van der Waals surface area contributed by atoms with Gasteiger partial charge >= 0.3 is 0 Å². The molecular weight excluding hydrogens is 258 g/mol. The van der Waals surface area contributed by atoms with Gasteiger partial charge in [0, 0.05) is 29.2 Å². The Bertz CT molecular complexity index is 715. The average Bonchev–Trinajstić information content (AvgIpc) is 2.91. The van der Waals surface area contributed by atoms with E-state index < -0.39 is 0 Å². The molecule has 4 nitrogen and oxygen atoms in total. The number of rotatable bonds is 2. The number of carbonyl (C=O) groups excluding carboxylic acids is 1. The van der Waals surface area contributed by atoms with Crippen molar-refractivity contribution in [2.75, 3.05) is 0 Å². The molecule has 1 aliphatic heterocycles. The van der Waals surface area contributed by atoms with Gasteiger partial charge in [-0.15, -0.1) is 0 Å². The maximum absolute atomic E-state index is 11.7. The summed E-state index contributed by atoms with van der Waals surface area (Å²) in [4.78, 5) is 11.7. The van der Waals surface area contributed by atoms with Crippen LogP contribution in [0.5, 0.6) is 0 Å². The smallest absolute Gasteiger partial charge is 0.273 e. The highest BCUT2D eigenvalue weighted by Gasteiger charge is 2.20. The van der Waals surface area contributed by atoms with Gasteiger partial charge in [0.2, 0.25) is 0 Å². The number of para-hydroxylation sites is 1. The van der Waals surface area contributed by atoms with Crippen molar-refractivity contribution < 1.29 is 4.79 Å². The minimum Gasteiger partial charge on any atom is -0.347 e. The molecule has 0 bridgehead atoms. The fourth-order valence-electron chi connectivity index (χ4n) is 2.29. The van der Waals surface area contributed by atoms with Crippen molar-refractivity contribution >= 4 is 40.2 Å². The molecule has 1 saturated heterocycles. The van der Waals surface area contributed by atoms with Crippen LogP contribution >= 0.6 is 12.2 Å². The Labute approximate surface area is 116 Å². The Morgan fingerprint density at radius 1 is 1.32 bits per heavy atom. The molecule has 2 aromatic rings. The third-order valence-electron chi connectivity index (χ3n) is 3.18. The van der Waals surface area contributed by atoms with Crippen LogP contribution in [0.25, 0.3) is 17.0 Å². The fraction of sp³-hybridized carbons (Fsp3) is 0.143. The molecule has 1 aromatic carbocycles. The topological polar surface area (TPSA) is 46.1 Å². The first-order chi connectivity index (χ1) is 9.19. The highest BCUT2D eigenvalue weighted by atomic mass is 32.1. The largest absolute Gasteiger partial charge is 0.347 e. The lowest BCUT2D eigenvalue weighted by molar-refractivity contribution is -0.115. The monoisotopic (exact) mass is 271 g/mol. The number of aromatic nitrogens is 1. The molecule has 0 saturated carbocycles. The van der Waals surface area contributed by atoms with E-state index in [-0.39, 0.29) is 5.91 Å². The number of hydrogen-bond donors (Lipinski definition) is 2. The Morgan fingerprint density at radius 2 is 2.11 bits per heavy atom. The number of thiocarbonyl (C=S) groups is 1. The van der Waals surface area contributed by atoms with Crippen molar-refractivity contribution in [2.45, 2.75) is 13.5 Å². The number of fused-ring (bicyclic) bond motifs is 1. The van der Waals surface area contributed by atoms with Crippen molar-refractivity contribution in [1.29, 1.82) is 0 Å². The van der Waals surface area contributed by atoms with Gasteiger partial charge in [-0.1, -0.05) is 18.2 Å². The molecule has 2 N–H and O–H groups in total. The second-order valence-corrected chi connectivity index (χ2v) is 4.76. The Balaban J connectivity index is 2.13. The molecule has 5 heteroatoms. The SMILES string of the molecule is CCn1cc(/C=C2\NC(=S)NC2=O)c2ccccc21. The van der Waals surface area contributed by atoms with E-state index in [0.29, 0.717) is 10.8 Å². The van der Waals surface area contributed by atoms with Crippen LogP contribution in [0.3, 0.4) is 0 Å². The number of amides is 1. The van der Waals surface area contributed by atoms with E-state index in [9.17, 15) is 4.79 Å². The minimum atomic E-state index is -0.182. The summed E-state index contributed by atoms with van der Waals surface area (Å²) in [5.41, 5.74) is 2.67. The molecule has 0 spiro atoms. The van der Waals surface area contributed by atoms with E-state index in [1.54, 1.807) is 0 Å². The van der Waals surface area contributed by atoms with E-state index >= 15 is 0 Å². The number of benzene rings is 1. The maximum atomic E-state index is 11.7. The lowest BCUT2D eigenvalue weighted by Gasteiger charge is -1.97. The second-order valence-electron chi connectivity index (χ2n) is 4.35. The molecule has 0 unspecified atom stereocenters. The van der Waals surface area contributed by atoms with E-state index in [2.05, 4.69) is 34.3 Å². The molecular formula is C14H13N3OS. The first-order valence-corrected chi connectivity index (χ1v) is 6.52. The summed E-state index contributed by atoms with van der Waals surface area (Å²) in [5.74, 6) is -0.182. The first kappa shape index (κ1) is 11.9. The summed E-state index contributed by atoms with van der Waals surface area (Å²) in [7, 11) is 0. The molecule has 2 heterocycles. The molecule has 96 valence electrons. The van der Waals surface area contributed by atoms with Crippen LogP contribution in [0.2, 0.25) is 0 Å². The van der Waals surface area contributed by atoms with E-state index in [1.165, 1.54) is 0 Å². The molecule has 0 radical (unpaired) electrons. The fourth-order valence-corrected chi connectivity index (χ4v) is 2.49. The minimum absolute atomic E-state index is 0.182. The normalized spacial score (nSPS) is 17.0. The average molecular weight is 271 g/mol. The zero-order valence-electron chi connectivity index (χ0n) is 10.4. The van der Waals surface area contributed by atoms with Gasteiger partial charge in [0.05, 0.1) is 0 Å². The quantitative estimate of drug-likeness (QED) is 0.649. The van der Waals surface area contributed by atoms with Gasteiger partial charge in [0.25, 0.3) is 5.91 Å². The van der Waals surface area contributed by atoms with Gasteiger partial charge in [0.1, 0.15) is 5.70 Å². The summed E-state index contributed by atoms with van der Waals surface area (Å²) >= 11 is 4.92. The Kier molecular flexibility index (Phi) is 2.83. The summed E-state index contributed by atoms with van der Waals surface area (Å²) < 4.78 is 2.16. The van der Waals surface area contributed by atoms with Crippen LogP contribution < -0.4 is 10.6 Å². The van der Waals surface area contributed by atoms with Crippen LogP contribution in [-0.4, -0.2) is 15.6 Å². The van der Waals surface area contributed by atoms with Gasteiger partial charge in [-0.3, -0.25) is 10.1 Å². The number of aryl methyl sites for hydroxylation is 1. The lowest BCUT2D eigenvalue weighted by atomic mass is 10.1. The van der Waals surface area contributed by atoms with E-state index in [4.69, 9.17) is 12.2 Å². The predicted octanol–water partition coefficient (Wildman–Crippen LogP) is 2.01. The molecule has 1 aromatic heterocycles. The summed E-state index contributed by atoms with van der Waals surface area (Å²) in [6, 6.07) is 8.14. The summed E-state index contributed by atoms with van der Waals surface area (Å²) in [5, 5.41) is 6.91. The van der Waals surface area contributed by atoms with Crippen molar-refractivity contribution in [2.24, 2.45) is 0 Å². The van der Waals surface area contributed by atoms with Gasteiger partial charge in [-0.25, -0.2) is 0 Å². The predicted molar refractivity (Wildman–Crippen MR) is 79.5 cm³/mol. The number of carbonyl (C=O) groups is 1. The van der Waals surface area contributed by atoms with Crippen LogP contribution in [0.4, 0.5) is 0 Å². The number of hydrogen-bond acceptors (Lipinski definition) is 2. The molecule has 1 aliphatic rings. The van der Waals surface area contributed by atoms with Gasteiger partial charge < -0.3 is 9.88 Å². The number of nitrogens with zero attached hydrogens (tertiary/aromatic N) is 1. The molecule has 3 rings (SSSR count). The third kappa shape index (κ3) is 2.02. The van der Waals surface area contributed by atoms with Crippen LogP contribution in [0.15, 0.2) is 36.2 Å². The highest BCUT2D eigenvalue weighted by molar-refractivity contribution is 7.80. The van der Waals surface area contributed by atoms with Gasteiger partial charge in [0.15, 0.2) is 5.11 Å². The standard InChI is InChI=1S/C14H13N3OS/c1-2-17-8-9(10-5-3-4-6-12(10)17)7-11-13(18)16-14(19)15-11/h3-8H,2H2,1H3,(H2,15,16,18,19)/b11-7-. The van der Waals surface area contributed by atoms with Gasteiger partial charge in [-0.05, 0) is 31.3 Å². The summed E-state index contributed by atoms with van der Waals surface area (Å²) in [6.07, 6.45) is 3.89. The zero-order valence-corrected chi connectivity index (χ0v) is 11.3. The number of nitrogens with one attached hydrogen (secondary N) is 2. The maximum Gasteiger partial charge on any atom is 0.273 e. The van der Waals surface area contributed by atoms with Crippen LogP contribution in [-0.2, 0) is 11.3 Å². The Hall–Kier alpha value is -2.14. The molecule has 0 aliphatic carbocycles. The highest BCUT2D eigenvalue weighted by Crippen LogP contribution is 2.23. The van der Waals surface area contributed by atoms with Crippen molar-refractivity contribution in [3.8, 4) is 0 Å². The lowest BCUT2D eigenvalue weighted by Crippen LogP contribution is -2.21. The zero-order chi connectivity index (χ0) is 13.4. The molecule has 0 atom stereocenters. The van der Waals surface area contributed by atoms with Crippen LogP contribution in [0.1, 0.15) is 12.5 Å². The molecule has 1 fully saturated rings. The molecule has 1 amide bonds. The summed E-state index contributed by atoms with van der Waals surface area (Å²) in [6.45, 7) is 2.99. The van der Waals surface area contributed by atoms with E-state index in [1.807, 2.05) is 24.4 Å². The Morgan fingerprint density at radius 3 is 2.79 bits per heavy atom. The van der Waals surface area contributed by atoms with Gasteiger partial charge in [-0.2, -0.15) is 0 Å². The second kappa shape index (κ2) is 4.51. The molecule has 19 heavy (non-hydrogen) atoms. The van der Waals surface area contributed by atoms with Crippen molar-refractivity contribution in [3.63, 3.8) is 0 Å². The third-order valence-corrected chi connectivity index (χ3v) is 3.38. The van der Waals surface area contributed by atoms with Crippen molar-refractivity contribution in [1.82, 2.24) is 15.2 Å². The van der Waals surface area contributed by atoms with E-state index in [0.717, 1.165) is 23.0 Å².